The lowest BCUT2D eigenvalue weighted by atomic mass is 10.2. The second kappa shape index (κ2) is 5.65. The number of alkyl halides is 3. The van der Waals surface area contributed by atoms with Gasteiger partial charge in [-0.05, 0) is 25.1 Å². The highest BCUT2D eigenvalue weighted by Crippen LogP contribution is 2.26. The quantitative estimate of drug-likeness (QED) is 0.810. The van der Waals surface area contributed by atoms with Crippen LogP contribution in [0.2, 0.25) is 0 Å². The van der Waals surface area contributed by atoms with Gasteiger partial charge in [-0.2, -0.15) is 0 Å². The third-order valence-corrected chi connectivity index (χ3v) is 2.63. The summed E-state index contributed by atoms with van der Waals surface area (Å²) in [7, 11) is 0. The first-order chi connectivity index (χ1) is 9.74. The van der Waals surface area contributed by atoms with Crippen molar-refractivity contribution in [1.29, 1.82) is 0 Å². The molecule has 1 heterocycles. The molecule has 0 spiro atoms. The summed E-state index contributed by atoms with van der Waals surface area (Å²) in [4.78, 5) is 14.5. The fraction of sp³-hybridized carbons (Fsp3) is 0.308. The first kappa shape index (κ1) is 15.2. The summed E-state index contributed by atoms with van der Waals surface area (Å²) in [6.07, 6.45) is -5.46. The number of aromatic nitrogens is 1. The number of nitrogens with one attached hydrogen (secondary N) is 2. The lowest BCUT2D eigenvalue weighted by Crippen LogP contribution is -2.30. The van der Waals surface area contributed by atoms with Crippen molar-refractivity contribution >= 4 is 16.8 Å². The van der Waals surface area contributed by atoms with Gasteiger partial charge in [-0.1, -0.05) is 0 Å². The molecular formula is C13H13F3N2O3. The number of aromatic amines is 1. The van der Waals surface area contributed by atoms with Gasteiger partial charge in [0.25, 0.3) is 5.91 Å². The van der Waals surface area contributed by atoms with Crippen LogP contribution in [0, 0.1) is 0 Å². The van der Waals surface area contributed by atoms with E-state index < -0.39 is 18.4 Å². The number of carbonyl (C=O) groups excluding carboxylic acids is 1. The van der Waals surface area contributed by atoms with E-state index in [9.17, 15) is 18.0 Å². The minimum atomic E-state index is -4.77. The number of hydrogen-bond acceptors (Lipinski definition) is 3. The Morgan fingerprint density at radius 3 is 2.76 bits per heavy atom. The smallest absolute Gasteiger partial charge is 0.406 e. The van der Waals surface area contributed by atoms with Gasteiger partial charge in [0.2, 0.25) is 0 Å². The maximum atomic E-state index is 12.1. The van der Waals surface area contributed by atoms with E-state index in [-0.39, 0.29) is 18.0 Å². The molecule has 3 N–H and O–H groups in total. The molecule has 0 saturated carbocycles. The number of aliphatic hydroxyl groups excluding tert-OH is 1. The Balaban J connectivity index is 2.19. The molecular weight excluding hydrogens is 289 g/mol. The molecule has 2 rings (SSSR count). The highest BCUT2D eigenvalue weighted by atomic mass is 19.4. The zero-order valence-corrected chi connectivity index (χ0v) is 11.0. The number of hydrogen-bond donors (Lipinski definition) is 3. The van der Waals surface area contributed by atoms with Crippen LogP contribution in [-0.2, 0) is 0 Å². The number of amides is 1. The third-order valence-electron chi connectivity index (χ3n) is 2.63. The van der Waals surface area contributed by atoms with Crippen LogP contribution < -0.4 is 10.1 Å². The first-order valence-electron chi connectivity index (χ1n) is 6.09. The molecule has 0 aliphatic rings. The summed E-state index contributed by atoms with van der Waals surface area (Å²) >= 11 is 0. The Morgan fingerprint density at radius 1 is 1.43 bits per heavy atom. The summed E-state index contributed by atoms with van der Waals surface area (Å²) in [5.74, 6) is -0.821. The molecule has 1 unspecified atom stereocenters. The van der Waals surface area contributed by atoms with E-state index in [2.05, 4.69) is 15.0 Å². The van der Waals surface area contributed by atoms with Gasteiger partial charge in [-0.25, -0.2) is 0 Å². The van der Waals surface area contributed by atoms with Gasteiger partial charge in [-0.15, -0.1) is 13.2 Å². The molecule has 8 heteroatoms. The average molecular weight is 302 g/mol. The lowest BCUT2D eigenvalue weighted by molar-refractivity contribution is -0.274. The van der Waals surface area contributed by atoms with Crippen molar-refractivity contribution in [2.24, 2.45) is 0 Å². The molecule has 1 amide bonds. The molecule has 0 bridgehead atoms. The van der Waals surface area contributed by atoms with Crippen molar-refractivity contribution in [3.05, 3.63) is 30.0 Å². The molecule has 1 aromatic heterocycles. The minimum absolute atomic E-state index is 0.0800. The Bertz CT molecular complexity index is 650. The fourth-order valence-corrected chi connectivity index (χ4v) is 1.76. The summed E-state index contributed by atoms with van der Waals surface area (Å²) in [6, 6.07) is 5.25. The van der Waals surface area contributed by atoms with Gasteiger partial charge < -0.3 is 20.1 Å². The van der Waals surface area contributed by atoms with Crippen LogP contribution in [0.3, 0.4) is 0 Å². The van der Waals surface area contributed by atoms with E-state index >= 15 is 0 Å². The second-order valence-corrected chi connectivity index (χ2v) is 4.54. The standard InChI is InChI=1S/C13H13F3N2O3/c1-7(19)6-17-12(20)11-4-8-2-3-9(5-10(8)18-11)21-13(14,15)16/h2-5,7,18-19H,6H2,1H3,(H,17,20). The van der Waals surface area contributed by atoms with Crippen LogP contribution in [0.25, 0.3) is 10.9 Å². The van der Waals surface area contributed by atoms with Gasteiger partial charge in [0.05, 0.1) is 6.10 Å². The number of benzene rings is 1. The van der Waals surface area contributed by atoms with E-state index in [1.165, 1.54) is 25.1 Å². The predicted octanol–water partition coefficient (Wildman–Crippen LogP) is 2.18. The van der Waals surface area contributed by atoms with Crippen molar-refractivity contribution < 1.29 is 27.8 Å². The monoisotopic (exact) mass is 302 g/mol. The summed E-state index contributed by atoms with van der Waals surface area (Å²) in [6.45, 7) is 1.60. The largest absolute Gasteiger partial charge is 0.573 e. The molecule has 1 atom stereocenters. The lowest BCUT2D eigenvalue weighted by Gasteiger charge is -2.08. The Hall–Kier alpha value is -2.22. The fourth-order valence-electron chi connectivity index (χ4n) is 1.76. The van der Waals surface area contributed by atoms with Crippen LogP contribution in [0.1, 0.15) is 17.4 Å². The molecule has 0 fully saturated rings. The van der Waals surface area contributed by atoms with Gasteiger partial charge >= 0.3 is 6.36 Å². The van der Waals surface area contributed by atoms with E-state index in [1.807, 2.05) is 0 Å². The summed E-state index contributed by atoms with van der Waals surface area (Å²) < 4.78 is 40.2. The number of H-pyrrole nitrogens is 1. The number of ether oxygens (including phenoxy) is 1. The Kier molecular flexibility index (Phi) is 4.08. The van der Waals surface area contributed by atoms with Crippen LogP contribution in [-0.4, -0.2) is 35.0 Å². The van der Waals surface area contributed by atoms with Crippen molar-refractivity contribution in [3.8, 4) is 5.75 Å². The number of fused-ring (bicyclic) bond motifs is 1. The van der Waals surface area contributed by atoms with Crippen molar-refractivity contribution in [2.75, 3.05) is 6.54 Å². The van der Waals surface area contributed by atoms with Gasteiger partial charge in [0, 0.05) is 23.5 Å². The number of halogens is 3. The SMILES string of the molecule is CC(O)CNC(=O)c1cc2ccc(OC(F)(F)F)cc2[nH]1. The van der Waals surface area contributed by atoms with E-state index in [4.69, 9.17) is 5.11 Å². The van der Waals surface area contributed by atoms with E-state index in [0.29, 0.717) is 10.9 Å². The molecule has 0 saturated heterocycles. The van der Waals surface area contributed by atoms with Crippen molar-refractivity contribution in [2.45, 2.75) is 19.4 Å². The van der Waals surface area contributed by atoms with Crippen LogP contribution >= 0.6 is 0 Å². The average Bonchev–Trinajstić information content (AvgIpc) is 2.76. The zero-order valence-electron chi connectivity index (χ0n) is 11.0. The third kappa shape index (κ3) is 4.12. The molecule has 0 radical (unpaired) electrons. The van der Waals surface area contributed by atoms with Gasteiger partial charge in [0.15, 0.2) is 0 Å². The summed E-state index contributed by atoms with van der Waals surface area (Å²) in [5, 5.41) is 12.1. The summed E-state index contributed by atoms with van der Waals surface area (Å²) in [5.41, 5.74) is 0.536. The van der Waals surface area contributed by atoms with Crippen molar-refractivity contribution in [1.82, 2.24) is 10.3 Å². The molecule has 0 aliphatic carbocycles. The molecule has 1 aromatic carbocycles. The highest BCUT2D eigenvalue weighted by molar-refractivity contribution is 5.98. The Morgan fingerprint density at radius 2 is 2.14 bits per heavy atom. The zero-order chi connectivity index (χ0) is 15.6. The maximum Gasteiger partial charge on any atom is 0.573 e. The topological polar surface area (TPSA) is 74.3 Å². The molecule has 21 heavy (non-hydrogen) atoms. The molecule has 5 nitrogen and oxygen atoms in total. The second-order valence-electron chi connectivity index (χ2n) is 4.54. The van der Waals surface area contributed by atoms with Gasteiger partial charge in [-0.3, -0.25) is 4.79 Å². The predicted molar refractivity (Wildman–Crippen MR) is 69.0 cm³/mol. The van der Waals surface area contributed by atoms with Crippen molar-refractivity contribution in [3.63, 3.8) is 0 Å². The van der Waals surface area contributed by atoms with Crippen LogP contribution in [0.5, 0.6) is 5.75 Å². The number of aliphatic hydroxyl groups is 1. The number of rotatable bonds is 4. The van der Waals surface area contributed by atoms with Crippen LogP contribution in [0.15, 0.2) is 24.3 Å². The molecule has 114 valence electrons. The highest BCUT2D eigenvalue weighted by Gasteiger charge is 2.31. The van der Waals surface area contributed by atoms with Crippen LogP contribution in [0.4, 0.5) is 13.2 Å². The van der Waals surface area contributed by atoms with Gasteiger partial charge in [0.1, 0.15) is 11.4 Å². The number of carbonyl (C=O) groups is 1. The van der Waals surface area contributed by atoms with E-state index in [1.54, 1.807) is 0 Å². The minimum Gasteiger partial charge on any atom is -0.406 e. The Labute approximate surface area is 117 Å². The normalized spacial score (nSPS) is 13.2. The first-order valence-corrected chi connectivity index (χ1v) is 6.09. The van der Waals surface area contributed by atoms with E-state index in [0.717, 1.165) is 6.07 Å². The maximum absolute atomic E-state index is 12.1. The molecule has 2 aromatic rings. The molecule has 0 aliphatic heterocycles.